The molecule has 1 aromatic heterocycles. The molecule has 1 saturated carbocycles. The van der Waals surface area contributed by atoms with E-state index in [1.54, 1.807) is 0 Å². The van der Waals surface area contributed by atoms with Crippen molar-refractivity contribution in [3.05, 3.63) is 86.5 Å². The monoisotopic (exact) mass is 629 g/mol. The lowest BCUT2D eigenvalue weighted by Gasteiger charge is -2.21. The molecule has 7 nitrogen and oxygen atoms in total. The molecule has 0 amide bonds. The summed E-state index contributed by atoms with van der Waals surface area (Å²) in [5.41, 5.74) is -4.54. The summed E-state index contributed by atoms with van der Waals surface area (Å²) >= 11 is 0. The molecule has 43 heavy (non-hydrogen) atoms. The normalized spacial score (nSPS) is 17.1. The number of benzene rings is 2. The predicted octanol–water partition coefficient (Wildman–Crippen LogP) is 7.02. The van der Waals surface area contributed by atoms with Gasteiger partial charge in [-0.25, -0.2) is 13.2 Å². The van der Waals surface area contributed by atoms with Crippen LogP contribution in [-0.4, -0.2) is 19.3 Å². The number of ketones is 1. The quantitative estimate of drug-likeness (QED) is 0.283. The highest BCUT2D eigenvalue weighted by molar-refractivity contribution is 7.92. The van der Waals surface area contributed by atoms with Gasteiger partial charge in [0.1, 0.15) is 11.5 Å². The van der Waals surface area contributed by atoms with Gasteiger partial charge in [0.25, 0.3) is 10.0 Å². The average Bonchev–Trinajstić information content (AvgIpc) is 3.73. The highest BCUT2D eigenvalue weighted by atomic mass is 32.2. The molecular weight excluding hydrogens is 604 g/mol. The van der Waals surface area contributed by atoms with Gasteiger partial charge < -0.3 is 9.52 Å². The molecule has 230 valence electrons. The Bertz CT molecular complexity index is 1710. The molecule has 1 heterocycles. The van der Waals surface area contributed by atoms with Crippen molar-refractivity contribution in [3.63, 3.8) is 0 Å². The van der Waals surface area contributed by atoms with E-state index in [1.807, 2.05) is 4.72 Å². The molecule has 14 heteroatoms. The maximum atomic E-state index is 13.3. The van der Waals surface area contributed by atoms with Gasteiger partial charge in [-0.2, -0.15) is 26.3 Å². The van der Waals surface area contributed by atoms with Crippen molar-refractivity contribution < 1.29 is 49.1 Å². The molecule has 2 N–H and O–H groups in total. The number of fused-ring (bicyclic) bond motifs is 1. The zero-order valence-electron chi connectivity index (χ0n) is 22.3. The van der Waals surface area contributed by atoms with E-state index in [-0.39, 0.29) is 58.9 Å². The number of sulfonamides is 1. The number of hydrogen-bond acceptors (Lipinski definition) is 6. The third-order valence-corrected chi connectivity index (χ3v) is 8.93. The second-order valence-corrected chi connectivity index (χ2v) is 12.4. The molecule has 0 bridgehead atoms. The Balaban J connectivity index is 1.55. The van der Waals surface area contributed by atoms with E-state index >= 15 is 0 Å². The van der Waals surface area contributed by atoms with Gasteiger partial charge in [0.05, 0.1) is 27.1 Å². The highest BCUT2D eigenvalue weighted by Crippen LogP contribution is 2.49. The summed E-state index contributed by atoms with van der Waals surface area (Å²) in [6, 6.07) is 5.45. The van der Waals surface area contributed by atoms with E-state index in [4.69, 9.17) is 4.42 Å². The van der Waals surface area contributed by atoms with Crippen molar-refractivity contribution in [1.29, 1.82) is 0 Å². The van der Waals surface area contributed by atoms with E-state index in [2.05, 4.69) is 0 Å². The van der Waals surface area contributed by atoms with Crippen LogP contribution in [-0.2, 0) is 28.8 Å². The van der Waals surface area contributed by atoms with Gasteiger partial charge >= 0.3 is 18.0 Å². The minimum Gasteiger partial charge on any atom is -0.506 e. The molecule has 0 spiro atoms. The van der Waals surface area contributed by atoms with Crippen LogP contribution in [0.4, 0.5) is 32.0 Å². The maximum absolute atomic E-state index is 13.3. The number of nitrogens with one attached hydrogen (secondary N) is 1. The first-order valence-corrected chi connectivity index (χ1v) is 14.9. The Morgan fingerprint density at radius 2 is 1.51 bits per heavy atom. The number of carbonyl (C=O) groups is 1. The molecule has 1 unspecified atom stereocenters. The van der Waals surface area contributed by atoms with Gasteiger partial charge in [0.2, 0.25) is 0 Å². The summed E-state index contributed by atoms with van der Waals surface area (Å²) in [5.74, 6) is -1.77. The van der Waals surface area contributed by atoms with Gasteiger partial charge in [-0.05, 0) is 67.5 Å². The zero-order chi connectivity index (χ0) is 31.3. The predicted molar refractivity (Wildman–Crippen MR) is 141 cm³/mol. The van der Waals surface area contributed by atoms with Crippen molar-refractivity contribution in [3.8, 4) is 5.75 Å². The van der Waals surface area contributed by atoms with Crippen LogP contribution in [0.3, 0.4) is 0 Å². The number of halogens is 6. The third kappa shape index (κ3) is 6.43. The van der Waals surface area contributed by atoms with Crippen LogP contribution in [0.2, 0.25) is 0 Å². The Hall–Kier alpha value is -3.81. The molecule has 0 radical (unpaired) electrons. The second kappa shape index (κ2) is 11.0. The van der Waals surface area contributed by atoms with Gasteiger partial charge in [0.15, 0.2) is 5.78 Å². The SMILES string of the molecule is O=C1CCCCCc2oc(=O)c(C(c3cccc(NS(=O)(=O)c4cc(C(F)(F)F)cc(C(F)(F)F)c4)c3)C3CC3)c(O)c21. The number of alkyl halides is 6. The fourth-order valence-electron chi connectivity index (χ4n) is 5.39. The molecular formula is C29H25F6NO6S. The lowest BCUT2D eigenvalue weighted by Crippen LogP contribution is -2.21. The molecule has 3 aromatic rings. The Morgan fingerprint density at radius 1 is 0.884 bits per heavy atom. The van der Waals surface area contributed by atoms with Crippen molar-refractivity contribution in [2.45, 2.75) is 68.1 Å². The van der Waals surface area contributed by atoms with Crippen LogP contribution < -0.4 is 10.3 Å². The summed E-state index contributed by atoms with van der Waals surface area (Å²) in [4.78, 5) is 24.8. The first-order valence-electron chi connectivity index (χ1n) is 13.4. The van der Waals surface area contributed by atoms with Crippen molar-refractivity contribution in [2.24, 2.45) is 5.92 Å². The lowest BCUT2D eigenvalue weighted by molar-refractivity contribution is -0.143. The van der Waals surface area contributed by atoms with Crippen LogP contribution in [0.15, 0.2) is 56.6 Å². The topological polar surface area (TPSA) is 114 Å². The van der Waals surface area contributed by atoms with Gasteiger partial charge in [-0.15, -0.1) is 0 Å². The van der Waals surface area contributed by atoms with Crippen molar-refractivity contribution in [1.82, 2.24) is 0 Å². The average molecular weight is 630 g/mol. The number of rotatable bonds is 6. The number of Topliss-reactive ketones (excluding diaryl/α,β-unsaturated/α-hetero) is 1. The molecule has 1 atom stereocenters. The van der Waals surface area contributed by atoms with Crippen LogP contribution >= 0.6 is 0 Å². The van der Waals surface area contributed by atoms with Crippen molar-refractivity contribution in [2.75, 3.05) is 4.72 Å². The minimum atomic E-state index is -5.25. The van der Waals surface area contributed by atoms with Crippen LogP contribution in [0, 0.1) is 5.92 Å². The van der Waals surface area contributed by atoms with Crippen LogP contribution in [0.25, 0.3) is 0 Å². The number of aryl methyl sites for hydroxylation is 1. The standard InChI is InChI=1S/C29H25F6NO6S/c30-28(31,32)17-12-18(29(33,34)35)14-20(13-17)43(40,41)36-19-6-4-5-16(11-19)23(15-9-10-15)25-26(38)24-21(37)7-2-1-3-8-22(24)42-27(25)39/h4-6,11-15,23,36,38H,1-3,7-10H2. The number of carbonyl (C=O) groups excluding carboxylic acids is 1. The summed E-state index contributed by atoms with van der Waals surface area (Å²) in [5, 5.41) is 11.2. The summed E-state index contributed by atoms with van der Waals surface area (Å²) in [7, 11) is -4.96. The number of aromatic hydroxyl groups is 1. The van der Waals surface area contributed by atoms with E-state index in [0.717, 1.165) is 6.42 Å². The molecule has 2 aromatic carbocycles. The van der Waals surface area contributed by atoms with Gasteiger partial charge in [-0.3, -0.25) is 9.52 Å². The van der Waals surface area contributed by atoms with Gasteiger partial charge in [-0.1, -0.05) is 18.6 Å². The summed E-state index contributed by atoms with van der Waals surface area (Å²) in [6.45, 7) is 0. The van der Waals surface area contributed by atoms with E-state index in [1.165, 1.54) is 24.3 Å². The first-order chi connectivity index (χ1) is 20.1. The molecule has 2 aliphatic carbocycles. The number of hydrogen-bond donors (Lipinski definition) is 2. The van der Waals surface area contributed by atoms with Crippen LogP contribution in [0.1, 0.15) is 82.8 Å². The lowest BCUT2D eigenvalue weighted by atomic mass is 9.85. The molecule has 0 aliphatic heterocycles. The Labute approximate surface area is 241 Å². The molecule has 5 rings (SSSR count). The smallest absolute Gasteiger partial charge is 0.416 e. The Morgan fingerprint density at radius 3 is 2.12 bits per heavy atom. The van der Waals surface area contributed by atoms with Gasteiger partial charge in [0, 0.05) is 24.4 Å². The summed E-state index contributed by atoms with van der Waals surface area (Å²) < 4.78 is 113. The minimum absolute atomic E-state index is 0.0539. The largest absolute Gasteiger partial charge is 0.506 e. The van der Waals surface area contributed by atoms with E-state index in [9.17, 15) is 49.5 Å². The second-order valence-electron chi connectivity index (χ2n) is 10.7. The molecule has 2 aliphatic rings. The Kier molecular flexibility index (Phi) is 7.86. The van der Waals surface area contributed by atoms with E-state index in [0.29, 0.717) is 37.7 Å². The first kappa shape index (κ1) is 30.6. The van der Waals surface area contributed by atoms with E-state index < -0.39 is 55.7 Å². The zero-order valence-corrected chi connectivity index (χ0v) is 23.1. The maximum Gasteiger partial charge on any atom is 0.416 e. The number of anilines is 1. The summed E-state index contributed by atoms with van der Waals surface area (Å²) in [6.07, 6.45) is -6.76. The third-order valence-electron chi connectivity index (χ3n) is 7.57. The fraction of sp³-hybridized carbons (Fsp3) is 0.379. The molecule has 0 saturated heterocycles. The molecule has 1 fully saturated rings. The van der Waals surface area contributed by atoms with Crippen molar-refractivity contribution >= 4 is 21.5 Å². The highest BCUT2D eigenvalue weighted by Gasteiger charge is 2.40. The van der Waals surface area contributed by atoms with Crippen LogP contribution in [0.5, 0.6) is 5.75 Å². The fourth-order valence-corrected chi connectivity index (χ4v) is 6.51.